The second-order valence-electron chi connectivity index (χ2n) is 5.54. The number of nitrogens with zero attached hydrogens (tertiary/aromatic N) is 1. The maximum Gasteiger partial charge on any atom is 0.343 e. The predicted molar refractivity (Wildman–Crippen MR) is 93.0 cm³/mol. The Morgan fingerprint density at radius 3 is 2.39 bits per heavy atom. The van der Waals surface area contributed by atoms with E-state index in [4.69, 9.17) is 4.74 Å². The Morgan fingerprint density at radius 2 is 1.79 bits per heavy atom. The summed E-state index contributed by atoms with van der Waals surface area (Å²) in [7, 11) is 0. The van der Waals surface area contributed by atoms with Gasteiger partial charge < -0.3 is 9.30 Å². The van der Waals surface area contributed by atoms with Crippen molar-refractivity contribution in [2.45, 2.75) is 6.92 Å². The van der Waals surface area contributed by atoms with Gasteiger partial charge in [-0.05, 0) is 35.0 Å². The Kier molecular flexibility index (Phi) is 5.24. The van der Waals surface area contributed by atoms with E-state index < -0.39 is 67.1 Å². The molecule has 0 aliphatic heterocycles. The fraction of sp³-hybridized carbons (Fsp3) is 0.111. The first-order chi connectivity index (χ1) is 13.2. The number of carbonyl (C=O) groups excluding carboxylic acids is 1. The Morgan fingerprint density at radius 1 is 1.11 bits per heavy atom. The summed E-state index contributed by atoms with van der Waals surface area (Å²) >= 11 is 2.67. The molecule has 0 amide bonds. The third kappa shape index (κ3) is 3.07. The van der Waals surface area contributed by atoms with Crippen LogP contribution in [0.5, 0.6) is 0 Å². The molecule has 28 heavy (non-hydrogen) atoms. The fourth-order valence-electron chi connectivity index (χ4n) is 2.66. The van der Waals surface area contributed by atoms with E-state index in [1.54, 1.807) is 0 Å². The molecule has 2 aromatic carbocycles. The SMILES string of the molecule is CCOC(=O)c1cn(-c2ccc(F)cc2F)c2c(F)c(F)c(F)c(Br)c2c1=O. The van der Waals surface area contributed by atoms with Crippen molar-refractivity contribution in [3.63, 3.8) is 0 Å². The highest BCUT2D eigenvalue weighted by molar-refractivity contribution is 9.10. The number of pyridine rings is 1. The zero-order chi connectivity index (χ0) is 20.7. The van der Waals surface area contributed by atoms with Gasteiger partial charge in [-0.3, -0.25) is 4.79 Å². The minimum Gasteiger partial charge on any atom is -0.462 e. The summed E-state index contributed by atoms with van der Waals surface area (Å²) in [6.45, 7) is 1.34. The molecule has 0 aliphatic rings. The number of fused-ring (bicyclic) bond motifs is 1. The Labute approximate surface area is 162 Å². The van der Waals surface area contributed by atoms with E-state index in [0.717, 1.165) is 18.3 Å². The molecule has 1 heterocycles. The lowest BCUT2D eigenvalue weighted by Crippen LogP contribution is -2.22. The van der Waals surface area contributed by atoms with Gasteiger partial charge in [0.2, 0.25) is 5.43 Å². The molecule has 4 nitrogen and oxygen atoms in total. The number of hydrogen-bond donors (Lipinski definition) is 0. The highest BCUT2D eigenvalue weighted by atomic mass is 79.9. The summed E-state index contributed by atoms with van der Waals surface area (Å²) in [6.07, 6.45) is 0.728. The first kappa shape index (κ1) is 20.0. The van der Waals surface area contributed by atoms with Gasteiger partial charge in [-0.1, -0.05) is 0 Å². The standard InChI is InChI=1S/C18H9BrF5NO3/c1-2-28-18(27)8-6-25(10-4-3-7(20)5-9(10)21)16-11(17(8)26)12(19)13(22)14(23)15(16)24/h3-6H,2H2,1H3. The first-order valence-electron chi connectivity index (χ1n) is 7.72. The van der Waals surface area contributed by atoms with E-state index in [0.29, 0.717) is 10.6 Å². The molecule has 3 rings (SSSR count). The molecule has 0 saturated heterocycles. The maximum absolute atomic E-state index is 14.5. The van der Waals surface area contributed by atoms with E-state index >= 15 is 0 Å². The number of halogens is 6. The molecule has 0 bridgehead atoms. The normalized spacial score (nSPS) is 11.1. The number of ether oxygens (including phenoxy) is 1. The van der Waals surface area contributed by atoms with Crippen LogP contribution >= 0.6 is 15.9 Å². The lowest BCUT2D eigenvalue weighted by Gasteiger charge is -2.16. The molecule has 0 atom stereocenters. The van der Waals surface area contributed by atoms with E-state index in [1.807, 2.05) is 0 Å². The molecule has 0 fully saturated rings. The molecular formula is C18H9BrF5NO3. The summed E-state index contributed by atoms with van der Waals surface area (Å²) in [4.78, 5) is 24.8. The topological polar surface area (TPSA) is 48.3 Å². The van der Waals surface area contributed by atoms with Gasteiger partial charge in [0.05, 0.1) is 27.7 Å². The minimum absolute atomic E-state index is 0.117. The Bertz CT molecular complexity index is 1190. The number of benzene rings is 2. The van der Waals surface area contributed by atoms with E-state index in [-0.39, 0.29) is 6.61 Å². The molecule has 0 aliphatic carbocycles. The molecule has 3 aromatic rings. The van der Waals surface area contributed by atoms with Gasteiger partial charge in [0.25, 0.3) is 0 Å². The molecule has 0 radical (unpaired) electrons. The van der Waals surface area contributed by atoms with Gasteiger partial charge >= 0.3 is 5.97 Å². The van der Waals surface area contributed by atoms with E-state index in [1.165, 1.54) is 6.92 Å². The van der Waals surface area contributed by atoms with Crippen LogP contribution in [0.2, 0.25) is 0 Å². The van der Waals surface area contributed by atoms with Crippen molar-refractivity contribution in [3.8, 4) is 5.69 Å². The molecule has 146 valence electrons. The van der Waals surface area contributed by atoms with Crippen molar-refractivity contribution in [1.82, 2.24) is 4.57 Å². The molecule has 0 N–H and O–H groups in total. The van der Waals surface area contributed by atoms with Crippen LogP contribution in [-0.2, 0) is 4.74 Å². The minimum atomic E-state index is -1.92. The van der Waals surface area contributed by atoms with Crippen molar-refractivity contribution in [1.29, 1.82) is 0 Å². The monoisotopic (exact) mass is 461 g/mol. The summed E-state index contributed by atoms with van der Waals surface area (Å²) in [5, 5.41) is -0.745. The third-order valence-corrected chi connectivity index (χ3v) is 4.62. The number of hydrogen-bond acceptors (Lipinski definition) is 3. The molecule has 0 spiro atoms. The van der Waals surface area contributed by atoms with Gasteiger partial charge in [-0.2, -0.15) is 0 Å². The molecule has 0 unspecified atom stereocenters. The Hall–Kier alpha value is -2.75. The van der Waals surface area contributed by atoms with Crippen molar-refractivity contribution < 1.29 is 31.5 Å². The molecular weight excluding hydrogens is 453 g/mol. The summed E-state index contributed by atoms with van der Waals surface area (Å²) in [6, 6.07) is 2.19. The molecule has 0 saturated carbocycles. The third-order valence-electron chi connectivity index (χ3n) is 3.88. The number of aromatic nitrogens is 1. The van der Waals surface area contributed by atoms with Gasteiger partial charge in [-0.15, -0.1) is 0 Å². The fourth-order valence-corrected chi connectivity index (χ4v) is 3.20. The van der Waals surface area contributed by atoms with Gasteiger partial charge in [0, 0.05) is 12.3 Å². The maximum atomic E-state index is 14.5. The molecule has 10 heteroatoms. The van der Waals surface area contributed by atoms with Gasteiger partial charge in [-0.25, -0.2) is 26.7 Å². The van der Waals surface area contributed by atoms with E-state index in [9.17, 15) is 31.5 Å². The van der Waals surface area contributed by atoms with E-state index in [2.05, 4.69) is 15.9 Å². The number of esters is 1. The second-order valence-corrected chi connectivity index (χ2v) is 6.33. The quantitative estimate of drug-likeness (QED) is 0.247. The van der Waals surface area contributed by atoms with Crippen LogP contribution in [0.25, 0.3) is 16.6 Å². The van der Waals surface area contributed by atoms with Gasteiger partial charge in [0.15, 0.2) is 17.5 Å². The summed E-state index contributed by atoms with van der Waals surface area (Å²) in [5.74, 6) is -8.68. The Balaban J connectivity index is 2.57. The average molecular weight is 462 g/mol. The highest BCUT2D eigenvalue weighted by Gasteiger charge is 2.27. The molecule has 1 aromatic heterocycles. The lowest BCUT2D eigenvalue weighted by molar-refractivity contribution is 0.0524. The zero-order valence-corrected chi connectivity index (χ0v) is 15.5. The smallest absolute Gasteiger partial charge is 0.343 e. The predicted octanol–water partition coefficient (Wildman–Crippen LogP) is 4.63. The highest BCUT2D eigenvalue weighted by Crippen LogP contribution is 2.32. The van der Waals surface area contributed by atoms with Crippen LogP contribution in [0.15, 0.2) is 33.7 Å². The van der Waals surface area contributed by atoms with Crippen molar-refractivity contribution in [3.05, 3.63) is 73.7 Å². The second kappa shape index (κ2) is 7.34. The van der Waals surface area contributed by atoms with Crippen molar-refractivity contribution in [2.24, 2.45) is 0 Å². The summed E-state index contributed by atoms with van der Waals surface area (Å²) < 4.78 is 74.7. The van der Waals surface area contributed by atoms with Crippen LogP contribution in [0.1, 0.15) is 17.3 Å². The van der Waals surface area contributed by atoms with Gasteiger partial charge in [0.1, 0.15) is 17.2 Å². The lowest BCUT2D eigenvalue weighted by atomic mass is 10.1. The first-order valence-corrected chi connectivity index (χ1v) is 8.52. The largest absolute Gasteiger partial charge is 0.462 e. The van der Waals surface area contributed by atoms with Crippen molar-refractivity contribution >= 4 is 32.8 Å². The average Bonchev–Trinajstić information content (AvgIpc) is 2.64. The van der Waals surface area contributed by atoms with Crippen LogP contribution in [0.3, 0.4) is 0 Å². The number of rotatable bonds is 3. The van der Waals surface area contributed by atoms with Crippen LogP contribution < -0.4 is 5.43 Å². The zero-order valence-electron chi connectivity index (χ0n) is 14.0. The van der Waals surface area contributed by atoms with Crippen LogP contribution in [-0.4, -0.2) is 17.1 Å². The van der Waals surface area contributed by atoms with Crippen LogP contribution in [0.4, 0.5) is 22.0 Å². The number of carbonyl (C=O) groups is 1. The van der Waals surface area contributed by atoms with Crippen LogP contribution in [0, 0.1) is 29.1 Å². The summed E-state index contributed by atoms with van der Waals surface area (Å²) in [5.41, 5.74) is -3.18. The van der Waals surface area contributed by atoms with Crippen molar-refractivity contribution in [2.75, 3.05) is 6.61 Å².